The van der Waals surface area contributed by atoms with Gasteiger partial charge in [-0.3, -0.25) is 9.59 Å². The minimum atomic E-state index is -0.781. The van der Waals surface area contributed by atoms with Gasteiger partial charge >= 0.3 is 5.97 Å². The van der Waals surface area contributed by atoms with Gasteiger partial charge in [-0.25, -0.2) is 0 Å². The van der Waals surface area contributed by atoms with Gasteiger partial charge < -0.3 is 15.2 Å². The molecule has 0 saturated heterocycles. The lowest BCUT2D eigenvalue weighted by molar-refractivity contribution is -0.137. The fraction of sp³-hybridized carbons (Fsp3) is 0.857. The molecule has 0 spiro atoms. The number of methoxy groups -OCH3 is 1. The van der Waals surface area contributed by atoms with E-state index in [9.17, 15) is 9.59 Å². The number of aliphatic carboxylic acids is 1. The maximum absolute atomic E-state index is 10.7. The summed E-state index contributed by atoms with van der Waals surface area (Å²) in [7, 11) is 1.74. The van der Waals surface area contributed by atoms with Crippen molar-refractivity contribution < 1.29 is 19.4 Å². The number of rotatable bonds is 9. The summed E-state index contributed by atoms with van der Waals surface area (Å²) in [6.07, 6.45) is 3.20. The zero-order valence-corrected chi connectivity index (χ0v) is 12.7. The first kappa shape index (κ1) is 20.2. The van der Waals surface area contributed by atoms with Crippen LogP contribution in [-0.4, -0.2) is 37.2 Å². The van der Waals surface area contributed by atoms with Gasteiger partial charge in [-0.2, -0.15) is 0 Å². The van der Waals surface area contributed by atoms with E-state index in [1.54, 1.807) is 14.0 Å². The first-order valence-corrected chi connectivity index (χ1v) is 6.91. The highest BCUT2D eigenvalue weighted by molar-refractivity contribution is 5.75. The van der Waals surface area contributed by atoms with Crippen LogP contribution < -0.4 is 5.32 Å². The SMILES string of the molecule is CCC(=O)NCCCCC(=O)O.COCCC(C)C. The first-order chi connectivity index (χ1) is 8.93. The molecule has 0 fully saturated rings. The van der Waals surface area contributed by atoms with Crippen LogP contribution in [0.15, 0.2) is 0 Å². The zero-order chi connectivity index (χ0) is 15.1. The van der Waals surface area contributed by atoms with Crippen molar-refractivity contribution in [1.29, 1.82) is 0 Å². The molecule has 0 aromatic rings. The van der Waals surface area contributed by atoms with Crippen molar-refractivity contribution in [3.8, 4) is 0 Å². The van der Waals surface area contributed by atoms with E-state index < -0.39 is 5.97 Å². The van der Waals surface area contributed by atoms with E-state index in [0.717, 1.165) is 18.9 Å². The summed E-state index contributed by atoms with van der Waals surface area (Å²) in [6, 6.07) is 0. The van der Waals surface area contributed by atoms with Crippen molar-refractivity contribution in [1.82, 2.24) is 5.32 Å². The Morgan fingerprint density at radius 2 is 1.89 bits per heavy atom. The molecule has 19 heavy (non-hydrogen) atoms. The molecule has 0 aliphatic carbocycles. The van der Waals surface area contributed by atoms with Gasteiger partial charge in [0.1, 0.15) is 0 Å². The van der Waals surface area contributed by atoms with E-state index in [-0.39, 0.29) is 12.3 Å². The highest BCUT2D eigenvalue weighted by atomic mass is 16.5. The van der Waals surface area contributed by atoms with Crippen LogP contribution in [0.4, 0.5) is 0 Å². The van der Waals surface area contributed by atoms with E-state index in [0.29, 0.717) is 19.4 Å². The Morgan fingerprint density at radius 1 is 1.26 bits per heavy atom. The molecule has 0 aromatic carbocycles. The molecule has 0 radical (unpaired) electrons. The molecule has 0 saturated carbocycles. The number of carboxylic acids is 1. The highest BCUT2D eigenvalue weighted by Gasteiger charge is 1.97. The van der Waals surface area contributed by atoms with E-state index in [2.05, 4.69) is 19.2 Å². The summed E-state index contributed by atoms with van der Waals surface area (Å²) in [5.74, 6) is 0.0158. The lowest BCUT2D eigenvalue weighted by Gasteiger charge is -2.01. The van der Waals surface area contributed by atoms with Crippen LogP contribution in [0.3, 0.4) is 0 Å². The molecular formula is C14H29NO4. The molecular weight excluding hydrogens is 246 g/mol. The van der Waals surface area contributed by atoms with E-state index >= 15 is 0 Å². The Labute approximate surface area is 116 Å². The summed E-state index contributed by atoms with van der Waals surface area (Å²) < 4.78 is 4.85. The van der Waals surface area contributed by atoms with Crippen molar-refractivity contribution in [2.24, 2.45) is 5.92 Å². The fourth-order valence-electron chi connectivity index (χ4n) is 1.11. The molecule has 5 heteroatoms. The Hall–Kier alpha value is -1.10. The Balaban J connectivity index is 0. The number of hydrogen-bond donors (Lipinski definition) is 2. The Bertz CT molecular complexity index is 229. The van der Waals surface area contributed by atoms with Crippen molar-refractivity contribution >= 4 is 11.9 Å². The number of ether oxygens (including phenoxy) is 1. The van der Waals surface area contributed by atoms with E-state index in [4.69, 9.17) is 9.84 Å². The van der Waals surface area contributed by atoms with Gasteiger partial charge in [0.25, 0.3) is 0 Å². The molecule has 0 aliphatic rings. The predicted octanol–water partition coefficient (Wildman–Crippen LogP) is 2.45. The predicted molar refractivity (Wildman–Crippen MR) is 76.1 cm³/mol. The number of hydrogen-bond acceptors (Lipinski definition) is 3. The van der Waals surface area contributed by atoms with E-state index in [1.807, 2.05) is 0 Å². The standard InChI is InChI=1S/C8H15NO3.C6H14O/c1-2-7(10)9-6-4-3-5-8(11)12;1-6(2)4-5-7-3/h2-6H2,1H3,(H,9,10)(H,11,12);6H,4-5H2,1-3H3. The van der Waals surface area contributed by atoms with Gasteiger partial charge in [0.15, 0.2) is 0 Å². The van der Waals surface area contributed by atoms with Crippen molar-refractivity contribution in [3.63, 3.8) is 0 Å². The second-order valence-electron chi connectivity index (χ2n) is 4.73. The summed E-state index contributed by atoms with van der Waals surface area (Å²) in [5.41, 5.74) is 0. The quantitative estimate of drug-likeness (QED) is 0.634. The average molecular weight is 275 g/mol. The van der Waals surface area contributed by atoms with Crippen molar-refractivity contribution in [3.05, 3.63) is 0 Å². The highest BCUT2D eigenvalue weighted by Crippen LogP contribution is 1.97. The monoisotopic (exact) mass is 275 g/mol. The summed E-state index contributed by atoms with van der Waals surface area (Å²) in [4.78, 5) is 20.7. The molecule has 0 aliphatic heterocycles. The molecule has 0 atom stereocenters. The fourth-order valence-corrected chi connectivity index (χ4v) is 1.11. The number of unbranched alkanes of at least 4 members (excludes halogenated alkanes) is 1. The lowest BCUT2D eigenvalue weighted by Crippen LogP contribution is -2.23. The van der Waals surface area contributed by atoms with Crippen LogP contribution in [0.1, 0.15) is 52.9 Å². The lowest BCUT2D eigenvalue weighted by atomic mass is 10.1. The molecule has 5 nitrogen and oxygen atoms in total. The van der Waals surface area contributed by atoms with Crippen LogP contribution in [-0.2, 0) is 14.3 Å². The molecule has 0 unspecified atom stereocenters. The first-order valence-electron chi connectivity index (χ1n) is 6.91. The Morgan fingerprint density at radius 3 is 2.26 bits per heavy atom. The third-order valence-electron chi connectivity index (χ3n) is 2.36. The molecule has 0 bridgehead atoms. The van der Waals surface area contributed by atoms with Gasteiger partial charge in [-0.1, -0.05) is 20.8 Å². The third kappa shape index (κ3) is 22.5. The number of carbonyl (C=O) groups is 2. The second kappa shape index (κ2) is 15.0. The summed E-state index contributed by atoms with van der Waals surface area (Å²) in [6.45, 7) is 7.66. The van der Waals surface area contributed by atoms with Gasteiger partial charge in [0, 0.05) is 33.1 Å². The smallest absolute Gasteiger partial charge is 0.303 e. The maximum atomic E-state index is 10.7. The number of nitrogens with one attached hydrogen (secondary N) is 1. The van der Waals surface area contributed by atoms with Crippen LogP contribution >= 0.6 is 0 Å². The van der Waals surface area contributed by atoms with Gasteiger partial charge in [0.2, 0.25) is 5.91 Å². The van der Waals surface area contributed by atoms with Crippen LogP contribution in [0.5, 0.6) is 0 Å². The number of carbonyl (C=O) groups excluding carboxylic acids is 1. The topological polar surface area (TPSA) is 75.6 Å². The number of carboxylic acid groups (broad SMARTS) is 1. The zero-order valence-electron chi connectivity index (χ0n) is 12.7. The van der Waals surface area contributed by atoms with Crippen molar-refractivity contribution in [2.75, 3.05) is 20.3 Å². The molecule has 1 amide bonds. The van der Waals surface area contributed by atoms with E-state index in [1.165, 1.54) is 6.42 Å². The van der Waals surface area contributed by atoms with Gasteiger partial charge in [-0.05, 0) is 25.2 Å². The molecule has 2 N–H and O–H groups in total. The minimum Gasteiger partial charge on any atom is -0.481 e. The largest absolute Gasteiger partial charge is 0.481 e. The van der Waals surface area contributed by atoms with Gasteiger partial charge in [0.05, 0.1) is 0 Å². The maximum Gasteiger partial charge on any atom is 0.303 e. The number of amides is 1. The van der Waals surface area contributed by atoms with Gasteiger partial charge in [-0.15, -0.1) is 0 Å². The minimum absolute atomic E-state index is 0.0188. The average Bonchev–Trinajstić information content (AvgIpc) is 2.36. The normalized spacial score (nSPS) is 9.74. The molecule has 0 heterocycles. The molecule has 0 aromatic heterocycles. The molecule has 0 rings (SSSR count). The van der Waals surface area contributed by atoms with Crippen LogP contribution in [0, 0.1) is 5.92 Å². The van der Waals surface area contributed by atoms with Crippen molar-refractivity contribution in [2.45, 2.75) is 52.9 Å². The second-order valence-corrected chi connectivity index (χ2v) is 4.73. The Kier molecular flexibility index (Phi) is 15.9. The van der Waals surface area contributed by atoms with Crippen LogP contribution in [0.25, 0.3) is 0 Å². The molecule has 114 valence electrons. The third-order valence-corrected chi connectivity index (χ3v) is 2.36. The summed E-state index contributed by atoms with van der Waals surface area (Å²) >= 11 is 0. The van der Waals surface area contributed by atoms with Crippen LogP contribution in [0.2, 0.25) is 0 Å². The summed E-state index contributed by atoms with van der Waals surface area (Å²) in [5, 5.41) is 11.0.